The highest BCUT2D eigenvalue weighted by molar-refractivity contribution is 6.01. The first-order valence-corrected chi connectivity index (χ1v) is 12.3. The van der Waals surface area contributed by atoms with Gasteiger partial charge in [-0.3, -0.25) is 4.79 Å². The summed E-state index contributed by atoms with van der Waals surface area (Å²) in [5.41, 5.74) is 2.61. The molecule has 1 unspecified atom stereocenters. The van der Waals surface area contributed by atoms with Crippen LogP contribution in [0.3, 0.4) is 0 Å². The van der Waals surface area contributed by atoms with Gasteiger partial charge in [0, 0.05) is 56.0 Å². The molecule has 0 bridgehead atoms. The van der Waals surface area contributed by atoms with Crippen molar-refractivity contribution in [2.45, 2.75) is 12.8 Å². The highest BCUT2D eigenvalue weighted by Gasteiger charge is 2.26. The van der Waals surface area contributed by atoms with Crippen LogP contribution in [0.4, 0.5) is 36.3 Å². The second-order valence-corrected chi connectivity index (χ2v) is 8.80. The number of pyridine rings is 1. The largest absolute Gasteiger partial charge is 0.435 e. The second-order valence-electron chi connectivity index (χ2n) is 8.80. The molecule has 0 aliphatic heterocycles. The van der Waals surface area contributed by atoms with E-state index in [0.717, 1.165) is 22.5 Å². The van der Waals surface area contributed by atoms with Crippen LogP contribution in [0, 0.1) is 0 Å². The molecular weight excluding hydrogens is 525 g/mol. The van der Waals surface area contributed by atoms with Gasteiger partial charge in [0.2, 0.25) is 17.7 Å². The third-order valence-electron chi connectivity index (χ3n) is 5.97. The van der Waals surface area contributed by atoms with E-state index < -0.39 is 24.6 Å². The maximum Gasteiger partial charge on any atom is 0.304 e. The number of hydrogen-bond donors (Lipinski definition) is 3. The highest BCUT2D eigenvalue weighted by Crippen LogP contribution is 2.36. The predicted octanol–water partition coefficient (Wildman–Crippen LogP) is 4.49. The quantitative estimate of drug-likeness (QED) is 0.220. The summed E-state index contributed by atoms with van der Waals surface area (Å²) >= 11 is 0. The fourth-order valence-corrected chi connectivity index (χ4v) is 4.01. The van der Waals surface area contributed by atoms with Crippen molar-refractivity contribution in [3.8, 4) is 17.1 Å². The summed E-state index contributed by atoms with van der Waals surface area (Å²) in [6.45, 7) is 4.43. The second kappa shape index (κ2) is 12.5. The van der Waals surface area contributed by atoms with Crippen LogP contribution in [-0.2, 0) is 11.8 Å². The van der Waals surface area contributed by atoms with Crippen LogP contribution in [0.5, 0.6) is 5.88 Å². The number of likely N-dealkylation sites (N-methyl/N-ethyl adjacent to an activating group) is 2. The SMILES string of the molecule is C=CC(=O)Nc1cc(Nc2nccc(-c3cn(C)c4ccccc34)n2)c(OC(F)C(F)F)nc1N(C)CCNC. The van der Waals surface area contributed by atoms with Gasteiger partial charge in [-0.15, -0.1) is 0 Å². The molecule has 3 heterocycles. The van der Waals surface area contributed by atoms with Crippen LogP contribution in [0.15, 0.2) is 61.4 Å². The molecule has 0 spiro atoms. The van der Waals surface area contributed by atoms with E-state index >= 15 is 0 Å². The number of benzene rings is 1. The Morgan fingerprint density at radius 1 is 1.20 bits per heavy atom. The molecule has 10 nitrogen and oxygen atoms in total. The molecule has 4 rings (SSSR count). The van der Waals surface area contributed by atoms with Crippen molar-refractivity contribution in [2.75, 3.05) is 42.7 Å². The molecule has 1 atom stereocenters. The molecule has 0 aliphatic carbocycles. The van der Waals surface area contributed by atoms with Crippen LogP contribution in [-0.4, -0.2) is 65.4 Å². The zero-order valence-corrected chi connectivity index (χ0v) is 22.2. The molecule has 1 amide bonds. The van der Waals surface area contributed by atoms with Gasteiger partial charge in [0.25, 0.3) is 6.36 Å². The van der Waals surface area contributed by atoms with Crippen molar-refractivity contribution in [3.05, 3.63) is 61.4 Å². The Balaban J connectivity index is 1.78. The Kier molecular flexibility index (Phi) is 8.84. The minimum absolute atomic E-state index is 0.0384. The smallest absolute Gasteiger partial charge is 0.304 e. The van der Waals surface area contributed by atoms with Crippen molar-refractivity contribution >= 4 is 40.0 Å². The van der Waals surface area contributed by atoms with E-state index in [0.29, 0.717) is 18.8 Å². The highest BCUT2D eigenvalue weighted by atomic mass is 19.3. The van der Waals surface area contributed by atoms with E-state index in [1.807, 2.05) is 42.1 Å². The first kappa shape index (κ1) is 28.4. The maximum absolute atomic E-state index is 14.1. The molecule has 40 heavy (non-hydrogen) atoms. The minimum Gasteiger partial charge on any atom is -0.435 e. The number of anilines is 4. The summed E-state index contributed by atoms with van der Waals surface area (Å²) in [6.07, 6.45) is -1.83. The number of carbonyl (C=O) groups is 1. The van der Waals surface area contributed by atoms with Gasteiger partial charge in [-0.05, 0) is 31.3 Å². The Morgan fingerprint density at radius 3 is 2.70 bits per heavy atom. The van der Waals surface area contributed by atoms with Crippen LogP contribution in [0.25, 0.3) is 22.2 Å². The molecule has 3 aromatic heterocycles. The molecule has 4 aromatic rings. The summed E-state index contributed by atoms with van der Waals surface area (Å²) < 4.78 is 47.2. The average Bonchev–Trinajstić information content (AvgIpc) is 3.29. The summed E-state index contributed by atoms with van der Waals surface area (Å²) in [7, 11) is 5.36. The molecule has 210 valence electrons. The average molecular weight is 555 g/mol. The first-order chi connectivity index (χ1) is 19.2. The number of para-hydroxylation sites is 1. The number of rotatable bonds is 12. The first-order valence-electron chi connectivity index (χ1n) is 12.3. The van der Waals surface area contributed by atoms with E-state index in [1.54, 1.807) is 25.1 Å². The van der Waals surface area contributed by atoms with Crippen LogP contribution >= 0.6 is 0 Å². The third-order valence-corrected chi connectivity index (χ3v) is 5.97. The van der Waals surface area contributed by atoms with Gasteiger partial charge in [0.15, 0.2) is 5.82 Å². The zero-order chi connectivity index (χ0) is 28.8. The van der Waals surface area contributed by atoms with Gasteiger partial charge in [0.1, 0.15) is 5.69 Å². The van der Waals surface area contributed by atoms with Gasteiger partial charge < -0.3 is 30.2 Å². The summed E-state index contributed by atoms with van der Waals surface area (Å²) in [6, 6.07) is 10.9. The number of nitrogens with zero attached hydrogens (tertiary/aromatic N) is 5. The van der Waals surface area contributed by atoms with Gasteiger partial charge >= 0.3 is 6.43 Å². The van der Waals surface area contributed by atoms with Crippen LogP contribution in [0.1, 0.15) is 0 Å². The Bertz CT molecular complexity index is 1510. The zero-order valence-electron chi connectivity index (χ0n) is 22.2. The predicted molar refractivity (Wildman–Crippen MR) is 149 cm³/mol. The number of amides is 1. The lowest BCUT2D eigenvalue weighted by atomic mass is 10.1. The molecule has 13 heteroatoms. The van der Waals surface area contributed by atoms with Crippen LogP contribution in [0.2, 0.25) is 0 Å². The fraction of sp³-hybridized carbons (Fsp3) is 0.259. The molecule has 0 saturated heterocycles. The lowest BCUT2D eigenvalue weighted by Crippen LogP contribution is -2.29. The number of nitrogens with one attached hydrogen (secondary N) is 3. The van der Waals surface area contributed by atoms with E-state index in [-0.39, 0.29) is 23.1 Å². The molecule has 0 fully saturated rings. The molecule has 0 radical (unpaired) electrons. The number of hydrogen-bond acceptors (Lipinski definition) is 8. The third kappa shape index (κ3) is 6.31. The number of carbonyl (C=O) groups excluding carboxylic acids is 1. The maximum atomic E-state index is 14.1. The van der Waals surface area contributed by atoms with E-state index in [1.165, 1.54) is 12.3 Å². The van der Waals surface area contributed by atoms with Crippen molar-refractivity contribution in [1.29, 1.82) is 0 Å². The van der Waals surface area contributed by atoms with Crippen molar-refractivity contribution in [3.63, 3.8) is 0 Å². The topological polar surface area (TPSA) is 109 Å². The Labute approximate surface area is 228 Å². The molecule has 0 aliphatic rings. The number of ether oxygens (including phenoxy) is 1. The van der Waals surface area contributed by atoms with E-state index in [4.69, 9.17) is 4.74 Å². The standard InChI is InChI=1S/C27H29F3N8O2/c1-5-22(39)33-19-14-20(26(40-24(30)23(28)29)36-25(19)37(3)13-12-31-2)35-27-32-11-10-18(34-27)17-15-38(4)21-9-7-6-8-16(17)21/h5-11,14-15,23-24,31H,1,12-13H2,2-4H3,(H,33,39)(H,32,34,35). The van der Waals surface area contributed by atoms with Gasteiger partial charge in [-0.2, -0.15) is 9.37 Å². The normalized spacial score (nSPS) is 11.9. The Morgan fingerprint density at radius 2 is 1.98 bits per heavy atom. The summed E-state index contributed by atoms with van der Waals surface area (Å²) in [5.74, 6) is -0.760. The molecule has 3 N–H and O–H groups in total. The number of halogens is 3. The summed E-state index contributed by atoms with van der Waals surface area (Å²) in [5, 5.41) is 9.49. The molecular formula is C27H29F3N8O2. The van der Waals surface area contributed by atoms with E-state index in [2.05, 4.69) is 37.5 Å². The van der Waals surface area contributed by atoms with Crippen molar-refractivity contribution in [2.24, 2.45) is 7.05 Å². The number of alkyl halides is 3. The van der Waals surface area contributed by atoms with Gasteiger partial charge in [-0.25, -0.2) is 18.7 Å². The monoisotopic (exact) mass is 554 g/mol. The lowest BCUT2D eigenvalue weighted by molar-refractivity contribution is -0.111. The fourth-order valence-electron chi connectivity index (χ4n) is 4.01. The molecule has 0 saturated carbocycles. The van der Waals surface area contributed by atoms with Crippen molar-refractivity contribution < 1.29 is 22.7 Å². The van der Waals surface area contributed by atoms with Gasteiger partial charge in [0.05, 0.1) is 11.4 Å². The lowest BCUT2D eigenvalue weighted by Gasteiger charge is -2.24. The summed E-state index contributed by atoms with van der Waals surface area (Å²) in [4.78, 5) is 26.9. The van der Waals surface area contributed by atoms with Crippen molar-refractivity contribution in [1.82, 2.24) is 24.8 Å². The molecule has 1 aromatic carbocycles. The minimum atomic E-state index is -3.41. The van der Waals surface area contributed by atoms with E-state index in [9.17, 15) is 18.0 Å². The Hall–Kier alpha value is -4.65. The van der Waals surface area contributed by atoms with Crippen LogP contribution < -0.4 is 25.6 Å². The number of aryl methyl sites for hydroxylation is 1. The van der Waals surface area contributed by atoms with Gasteiger partial charge in [-0.1, -0.05) is 24.8 Å². The number of fused-ring (bicyclic) bond motifs is 1. The number of aromatic nitrogens is 4.